The number of rotatable bonds is 6. The van der Waals surface area contributed by atoms with Crippen molar-refractivity contribution >= 4 is 11.0 Å². The lowest BCUT2D eigenvalue weighted by Crippen LogP contribution is -2.21. The van der Waals surface area contributed by atoms with E-state index in [-0.39, 0.29) is 45.3 Å². The molecule has 1 aliphatic carbocycles. The molecule has 4 aromatic heterocycles. The van der Waals surface area contributed by atoms with Gasteiger partial charge in [0.2, 0.25) is 5.88 Å². The van der Waals surface area contributed by atoms with Crippen molar-refractivity contribution in [1.29, 1.82) is 0 Å². The molecule has 0 bridgehead atoms. The SMILES string of the molecule is [2H]C([2H])([2H])Oc1ncnc(C2CC2)c1-c1ncc2ccc(=O)n(C([2H])([2H])c3ccc(-c4nc(C(F)(F)F)cn4C([2H])([2H])[2H])cc3)c2n1. The number of aromatic nitrogens is 7. The highest BCUT2D eigenvalue weighted by molar-refractivity contribution is 5.78. The summed E-state index contributed by atoms with van der Waals surface area (Å²) in [4.78, 5) is 33.8. The first-order valence-electron chi connectivity index (χ1n) is 15.6. The van der Waals surface area contributed by atoms with E-state index in [1.807, 2.05) is 0 Å². The predicted molar refractivity (Wildman–Crippen MR) is 136 cm³/mol. The second-order valence-corrected chi connectivity index (χ2v) is 8.80. The van der Waals surface area contributed by atoms with E-state index in [0.29, 0.717) is 16.5 Å². The summed E-state index contributed by atoms with van der Waals surface area (Å²) in [5, 5.41) is 0.247. The molecule has 0 unspecified atom stereocenters. The van der Waals surface area contributed by atoms with Gasteiger partial charge in [0.05, 0.1) is 26.1 Å². The molecule has 0 spiro atoms. The Kier molecular flexibility index (Phi) is 4.07. The molecule has 1 fully saturated rings. The van der Waals surface area contributed by atoms with Crippen LogP contribution in [0.25, 0.3) is 33.8 Å². The number of methoxy groups -OCH3 is 1. The smallest absolute Gasteiger partial charge is 0.434 e. The van der Waals surface area contributed by atoms with Crippen molar-refractivity contribution in [3.8, 4) is 28.7 Å². The summed E-state index contributed by atoms with van der Waals surface area (Å²) in [6.45, 7) is -5.62. The average Bonchev–Trinajstić information content (AvgIpc) is 3.70. The molecule has 0 atom stereocenters. The van der Waals surface area contributed by atoms with Crippen molar-refractivity contribution in [1.82, 2.24) is 34.1 Å². The molecule has 39 heavy (non-hydrogen) atoms. The quantitative estimate of drug-likeness (QED) is 0.310. The van der Waals surface area contributed by atoms with Crippen LogP contribution in [-0.4, -0.2) is 41.1 Å². The van der Waals surface area contributed by atoms with Crippen LogP contribution < -0.4 is 10.3 Å². The Bertz CT molecular complexity index is 2060. The summed E-state index contributed by atoms with van der Waals surface area (Å²) >= 11 is 0. The Morgan fingerprint density at radius 3 is 2.64 bits per heavy atom. The topological polar surface area (TPSA) is 101 Å². The zero-order valence-electron chi connectivity index (χ0n) is 27.8. The van der Waals surface area contributed by atoms with E-state index in [1.165, 1.54) is 36.5 Å². The fourth-order valence-electron chi connectivity index (χ4n) is 4.13. The first-order valence-corrected chi connectivity index (χ1v) is 11.6. The molecule has 0 amide bonds. The van der Waals surface area contributed by atoms with Gasteiger partial charge in [-0.1, -0.05) is 24.3 Å². The highest BCUT2D eigenvalue weighted by atomic mass is 19.4. The van der Waals surface area contributed by atoms with Crippen molar-refractivity contribution in [2.24, 2.45) is 6.98 Å². The Labute approximate surface area is 231 Å². The zero-order chi connectivity index (χ0) is 34.1. The van der Waals surface area contributed by atoms with E-state index < -0.39 is 43.8 Å². The van der Waals surface area contributed by atoms with Crippen molar-refractivity contribution in [2.45, 2.75) is 31.4 Å². The molecule has 0 aliphatic heterocycles. The fourth-order valence-corrected chi connectivity index (χ4v) is 4.13. The largest absolute Gasteiger partial charge is 0.480 e. The summed E-state index contributed by atoms with van der Waals surface area (Å²) in [5.74, 6) is -0.978. The molecular weight excluding hydrogens is 511 g/mol. The molecule has 9 nitrogen and oxygen atoms in total. The van der Waals surface area contributed by atoms with Crippen molar-refractivity contribution < 1.29 is 28.9 Å². The third-order valence-electron chi connectivity index (χ3n) is 6.14. The van der Waals surface area contributed by atoms with Gasteiger partial charge in [-0.05, 0) is 24.5 Å². The monoisotopic (exact) mass is 541 g/mol. The lowest BCUT2D eigenvalue weighted by atomic mass is 10.1. The molecule has 198 valence electrons. The van der Waals surface area contributed by atoms with Gasteiger partial charge in [0.1, 0.15) is 23.4 Å². The Hall–Kier alpha value is -4.61. The lowest BCUT2D eigenvalue weighted by molar-refractivity contribution is -0.140. The molecule has 12 heteroatoms. The first-order chi connectivity index (χ1) is 21.8. The number of fused-ring (bicyclic) bond motifs is 1. The van der Waals surface area contributed by atoms with Gasteiger partial charge in [-0.3, -0.25) is 9.36 Å². The molecule has 0 N–H and O–H groups in total. The van der Waals surface area contributed by atoms with E-state index in [2.05, 4.69) is 24.9 Å². The van der Waals surface area contributed by atoms with Gasteiger partial charge in [-0.15, -0.1) is 0 Å². The van der Waals surface area contributed by atoms with Crippen LogP contribution in [-0.2, 0) is 19.6 Å². The second kappa shape index (κ2) is 9.29. The highest BCUT2D eigenvalue weighted by Gasteiger charge is 2.34. The number of hydrogen-bond donors (Lipinski definition) is 0. The summed E-state index contributed by atoms with van der Waals surface area (Å²) in [6, 6.07) is 7.24. The number of nitrogens with zero attached hydrogens (tertiary/aromatic N) is 7. The van der Waals surface area contributed by atoms with Gasteiger partial charge in [0.15, 0.2) is 11.5 Å². The van der Waals surface area contributed by atoms with Gasteiger partial charge in [0, 0.05) is 46.4 Å². The van der Waals surface area contributed by atoms with Gasteiger partial charge >= 0.3 is 6.18 Å². The minimum atomic E-state index is -4.91. The number of pyridine rings is 1. The standard InChI is InChI=1S/C27H22F3N7O2/c1-36-13-19(27(28,29)30)34-24(36)17-5-3-15(4-6-17)12-37-20(38)10-9-18-11-31-23(35-25(18)37)21-22(16-7-8-16)32-14-33-26(21)39-2/h3-6,9-11,13-14,16H,7-8,12H2,1-2H3/i1D3,2D3,12D2. The van der Waals surface area contributed by atoms with Crippen molar-refractivity contribution in [3.05, 3.63) is 82.4 Å². The van der Waals surface area contributed by atoms with E-state index in [4.69, 9.17) is 15.7 Å². The molecule has 1 aliphatic rings. The minimum absolute atomic E-state index is 0.0395. The van der Waals surface area contributed by atoms with Gasteiger partial charge in [-0.25, -0.2) is 24.9 Å². The molecular formula is C27H22F3N7O2. The molecule has 1 saturated carbocycles. The lowest BCUT2D eigenvalue weighted by Gasteiger charge is -2.13. The minimum Gasteiger partial charge on any atom is -0.480 e. The van der Waals surface area contributed by atoms with Gasteiger partial charge in [0.25, 0.3) is 5.56 Å². The number of ether oxygens (including phenoxy) is 1. The fraction of sp³-hybridized carbons (Fsp3) is 0.259. The normalized spacial score (nSPS) is 17.7. The zero-order valence-corrected chi connectivity index (χ0v) is 19.8. The molecule has 1 aromatic carbocycles. The van der Waals surface area contributed by atoms with Crippen LogP contribution in [0.15, 0.2) is 59.9 Å². The van der Waals surface area contributed by atoms with Gasteiger partial charge in [-0.2, -0.15) is 13.2 Å². The second-order valence-electron chi connectivity index (χ2n) is 8.80. The van der Waals surface area contributed by atoms with Crippen molar-refractivity contribution in [3.63, 3.8) is 0 Å². The number of benzene rings is 1. The number of halogens is 3. The third kappa shape index (κ3) is 4.62. The van der Waals surface area contributed by atoms with Crippen LogP contribution in [0.2, 0.25) is 0 Å². The summed E-state index contributed by atoms with van der Waals surface area (Å²) in [7, 11) is -2.87. The van der Waals surface area contributed by atoms with E-state index in [0.717, 1.165) is 29.8 Å². The average molecular weight is 542 g/mol. The summed E-state index contributed by atoms with van der Waals surface area (Å²) in [5.41, 5.74) is -2.06. The number of hydrogen-bond acceptors (Lipinski definition) is 7. The van der Waals surface area contributed by atoms with Crippen LogP contribution in [0.3, 0.4) is 0 Å². The highest BCUT2D eigenvalue weighted by Crippen LogP contribution is 2.44. The van der Waals surface area contributed by atoms with E-state index in [1.54, 1.807) is 0 Å². The van der Waals surface area contributed by atoms with Crippen LogP contribution in [0.1, 0.15) is 46.7 Å². The number of alkyl halides is 3. The maximum absolute atomic E-state index is 13.4. The third-order valence-corrected chi connectivity index (χ3v) is 6.14. The number of imidazole rings is 1. The molecule has 5 aromatic rings. The number of aryl methyl sites for hydroxylation is 1. The van der Waals surface area contributed by atoms with E-state index in [9.17, 15) is 18.0 Å². The molecule has 4 heterocycles. The summed E-state index contributed by atoms with van der Waals surface area (Å²) < 4.78 is 110. The maximum Gasteiger partial charge on any atom is 0.434 e. The van der Waals surface area contributed by atoms with Crippen molar-refractivity contribution in [2.75, 3.05) is 7.04 Å². The van der Waals surface area contributed by atoms with Crippen LogP contribution in [0.5, 0.6) is 5.88 Å². The Morgan fingerprint density at radius 1 is 1.10 bits per heavy atom. The van der Waals surface area contributed by atoms with Crippen LogP contribution in [0, 0.1) is 0 Å². The Balaban J connectivity index is 1.46. The van der Waals surface area contributed by atoms with E-state index >= 15 is 0 Å². The predicted octanol–water partition coefficient (Wildman–Crippen LogP) is 4.60. The first kappa shape index (κ1) is 17.1. The van der Waals surface area contributed by atoms with Crippen LogP contribution >= 0.6 is 0 Å². The van der Waals surface area contributed by atoms with Gasteiger partial charge < -0.3 is 9.30 Å². The van der Waals surface area contributed by atoms with Crippen LogP contribution in [0.4, 0.5) is 13.2 Å². The molecule has 6 rings (SSSR count). The summed E-state index contributed by atoms with van der Waals surface area (Å²) in [6.07, 6.45) is -0.530. The Morgan fingerprint density at radius 2 is 1.92 bits per heavy atom. The maximum atomic E-state index is 13.4. The molecule has 0 saturated heterocycles. The molecule has 0 radical (unpaired) electrons.